The highest BCUT2D eigenvalue weighted by Crippen LogP contribution is 2.21. The fourth-order valence-corrected chi connectivity index (χ4v) is 1.13. The zero-order valence-corrected chi connectivity index (χ0v) is 7.98. The van der Waals surface area contributed by atoms with Gasteiger partial charge in [-0.25, -0.2) is 14.5 Å². The number of hydrogen-bond acceptors (Lipinski definition) is 4. The summed E-state index contributed by atoms with van der Waals surface area (Å²) in [6, 6.07) is 0. The molecular formula is C8H12N4O. The molecule has 0 N–H and O–H groups in total. The van der Waals surface area contributed by atoms with Gasteiger partial charge in [0.25, 0.3) is 0 Å². The smallest absolute Gasteiger partial charge is 0.235 e. The molecule has 0 saturated heterocycles. The second kappa shape index (κ2) is 3.49. The lowest BCUT2D eigenvalue weighted by Crippen LogP contribution is -2.20. The van der Waals surface area contributed by atoms with Gasteiger partial charge in [-0.3, -0.25) is 0 Å². The summed E-state index contributed by atoms with van der Waals surface area (Å²) in [7, 11) is 0. The summed E-state index contributed by atoms with van der Waals surface area (Å²) >= 11 is 0. The molecule has 0 aliphatic rings. The van der Waals surface area contributed by atoms with Crippen molar-refractivity contribution in [2.75, 3.05) is 0 Å². The third kappa shape index (κ3) is 1.81. The Morgan fingerprint density at radius 2 is 2.38 bits per heavy atom. The number of hydrogen-bond donors (Lipinski definition) is 0. The molecule has 0 radical (unpaired) electrons. The summed E-state index contributed by atoms with van der Waals surface area (Å²) < 4.78 is 1.71. The number of aryl methyl sites for hydroxylation is 1. The maximum atomic E-state index is 10.2. The zero-order valence-electron chi connectivity index (χ0n) is 7.98. The fraction of sp³-hybridized carbons (Fsp3) is 0.625. The van der Waals surface area contributed by atoms with Gasteiger partial charge in [0.1, 0.15) is 11.9 Å². The number of nitrogens with zero attached hydrogens (tertiary/aromatic N) is 4. The molecule has 0 fully saturated rings. The highest BCUT2D eigenvalue weighted by Gasteiger charge is 2.25. The lowest BCUT2D eigenvalue weighted by molar-refractivity contribution is 0.458. The minimum Gasteiger partial charge on any atom is -0.248 e. The molecule has 0 saturated carbocycles. The van der Waals surface area contributed by atoms with E-state index in [9.17, 15) is 4.79 Å². The van der Waals surface area contributed by atoms with Gasteiger partial charge in [0.15, 0.2) is 5.82 Å². The minimum atomic E-state index is -0.645. The van der Waals surface area contributed by atoms with Crippen LogP contribution in [0, 0.1) is 0 Å². The topological polar surface area (TPSA) is 60.1 Å². The standard InChI is InChI=1S/C8H12N4O/c1-4-12-7(9-5-11-12)8(2,3)10-6-13/h5H,4H2,1-3H3. The van der Waals surface area contributed by atoms with Crippen molar-refractivity contribution in [3.8, 4) is 0 Å². The Morgan fingerprint density at radius 1 is 1.69 bits per heavy atom. The van der Waals surface area contributed by atoms with Gasteiger partial charge in [0.2, 0.25) is 6.08 Å². The number of rotatable bonds is 3. The van der Waals surface area contributed by atoms with Crippen molar-refractivity contribution < 1.29 is 4.79 Å². The number of aromatic nitrogens is 3. The van der Waals surface area contributed by atoms with Crippen LogP contribution in [0.2, 0.25) is 0 Å². The first-order valence-electron chi connectivity index (χ1n) is 4.09. The van der Waals surface area contributed by atoms with E-state index in [0.29, 0.717) is 12.4 Å². The van der Waals surface area contributed by atoms with E-state index in [-0.39, 0.29) is 0 Å². The van der Waals surface area contributed by atoms with Gasteiger partial charge in [-0.1, -0.05) is 0 Å². The van der Waals surface area contributed by atoms with Gasteiger partial charge in [-0.2, -0.15) is 10.1 Å². The molecule has 0 spiro atoms. The van der Waals surface area contributed by atoms with E-state index in [1.54, 1.807) is 24.6 Å². The summed E-state index contributed by atoms with van der Waals surface area (Å²) in [4.78, 5) is 17.9. The van der Waals surface area contributed by atoms with Crippen LogP contribution in [-0.2, 0) is 16.9 Å². The van der Waals surface area contributed by atoms with E-state index in [0.717, 1.165) is 0 Å². The van der Waals surface area contributed by atoms with Crippen LogP contribution in [0.4, 0.5) is 0 Å². The highest BCUT2D eigenvalue weighted by atomic mass is 16.1. The number of isocyanates is 1. The molecule has 1 aromatic rings. The lowest BCUT2D eigenvalue weighted by Gasteiger charge is -2.16. The van der Waals surface area contributed by atoms with Crippen LogP contribution >= 0.6 is 0 Å². The van der Waals surface area contributed by atoms with Gasteiger partial charge in [-0.05, 0) is 20.8 Å². The summed E-state index contributed by atoms with van der Waals surface area (Å²) in [5.74, 6) is 0.679. The third-order valence-electron chi connectivity index (χ3n) is 1.79. The predicted molar refractivity (Wildman–Crippen MR) is 46.8 cm³/mol. The average molecular weight is 180 g/mol. The van der Waals surface area contributed by atoms with Gasteiger partial charge >= 0.3 is 0 Å². The summed E-state index contributed by atoms with van der Waals surface area (Å²) in [5, 5.41) is 4.00. The Hall–Kier alpha value is -1.48. The molecule has 0 unspecified atom stereocenters. The quantitative estimate of drug-likeness (QED) is 0.512. The van der Waals surface area contributed by atoms with Crippen molar-refractivity contribution in [2.24, 2.45) is 4.99 Å². The Morgan fingerprint density at radius 3 is 2.92 bits per heavy atom. The van der Waals surface area contributed by atoms with Crippen molar-refractivity contribution in [3.63, 3.8) is 0 Å². The Bertz CT molecular complexity index is 336. The molecular weight excluding hydrogens is 168 g/mol. The monoisotopic (exact) mass is 180 g/mol. The van der Waals surface area contributed by atoms with Crippen molar-refractivity contribution in [3.05, 3.63) is 12.2 Å². The second-order valence-electron chi connectivity index (χ2n) is 3.16. The van der Waals surface area contributed by atoms with Gasteiger partial charge < -0.3 is 0 Å². The van der Waals surface area contributed by atoms with Crippen LogP contribution in [0.25, 0.3) is 0 Å². The normalized spacial score (nSPS) is 11.0. The predicted octanol–water partition coefficient (Wildman–Crippen LogP) is 0.869. The molecule has 0 aromatic carbocycles. The SMILES string of the molecule is CCn1ncnc1C(C)(C)N=C=O. The molecule has 13 heavy (non-hydrogen) atoms. The van der Waals surface area contributed by atoms with Crippen molar-refractivity contribution in [1.29, 1.82) is 0 Å². The van der Waals surface area contributed by atoms with E-state index < -0.39 is 5.54 Å². The summed E-state index contributed by atoms with van der Waals surface area (Å²) in [5.41, 5.74) is -0.645. The van der Waals surface area contributed by atoms with Crippen LogP contribution in [0.1, 0.15) is 26.6 Å². The van der Waals surface area contributed by atoms with Gasteiger partial charge in [0.05, 0.1) is 0 Å². The first kappa shape index (κ1) is 9.61. The van der Waals surface area contributed by atoms with Crippen molar-refractivity contribution >= 4 is 6.08 Å². The Labute approximate surface area is 76.5 Å². The third-order valence-corrected chi connectivity index (χ3v) is 1.79. The van der Waals surface area contributed by atoms with Gasteiger partial charge in [-0.15, -0.1) is 0 Å². The number of carbonyl (C=O) groups excluding carboxylic acids is 1. The first-order valence-corrected chi connectivity index (χ1v) is 4.09. The molecule has 5 heteroatoms. The van der Waals surface area contributed by atoms with E-state index in [4.69, 9.17) is 0 Å². The number of aliphatic imine (C=N–C) groups is 1. The van der Waals surface area contributed by atoms with E-state index in [2.05, 4.69) is 15.1 Å². The molecule has 5 nitrogen and oxygen atoms in total. The largest absolute Gasteiger partial charge is 0.248 e. The molecule has 70 valence electrons. The Balaban J connectivity index is 3.12. The maximum absolute atomic E-state index is 10.2. The van der Waals surface area contributed by atoms with Crippen LogP contribution < -0.4 is 0 Å². The lowest BCUT2D eigenvalue weighted by atomic mass is 10.1. The molecule has 1 aromatic heterocycles. The zero-order chi connectivity index (χ0) is 9.90. The van der Waals surface area contributed by atoms with Crippen molar-refractivity contribution in [2.45, 2.75) is 32.9 Å². The minimum absolute atomic E-state index is 0.645. The molecule has 0 bridgehead atoms. The van der Waals surface area contributed by atoms with Crippen molar-refractivity contribution in [1.82, 2.24) is 14.8 Å². The molecule has 0 amide bonds. The van der Waals surface area contributed by atoms with Crippen LogP contribution in [0.3, 0.4) is 0 Å². The Kier molecular flexibility index (Phi) is 2.58. The van der Waals surface area contributed by atoms with E-state index in [1.807, 2.05) is 6.92 Å². The van der Waals surface area contributed by atoms with Crippen LogP contribution in [0.15, 0.2) is 11.3 Å². The molecule has 0 aliphatic carbocycles. The highest BCUT2D eigenvalue weighted by molar-refractivity contribution is 5.35. The molecule has 0 aliphatic heterocycles. The summed E-state index contributed by atoms with van der Waals surface area (Å²) in [6.07, 6.45) is 3.00. The average Bonchev–Trinajstić information content (AvgIpc) is 2.51. The fourth-order valence-electron chi connectivity index (χ4n) is 1.13. The molecule has 0 atom stereocenters. The van der Waals surface area contributed by atoms with E-state index in [1.165, 1.54) is 6.33 Å². The van der Waals surface area contributed by atoms with Crippen LogP contribution in [0.5, 0.6) is 0 Å². The van der Waals surface area contributed by atoms with E-state index >= 15 is 0 Å². The second-order valence-corrected chi connectivity index (χ2v) is 3.16. The first-order chi connectivity index (χ1) is 6.11. The maximum Gasteiger partial charge on any atom is 0.235 e. The molecule has 1 rings (SSSR count). The molecule has 1 heterocycles. The van der Waals surface area contributed by atoms with Gasteiger partial charge in [0, 0.05) is 6.54 Å². The van der Waals surface area contributed by atoms with Crippen LogP contribution in [-0.4, -0.2) is 20.8 Å². The summed E-state index contributed by atoms with van der Waals surface area (Å²) in [6.45, 7) is 6.27.